The summed E-state index contributed by atoms with van der Waals surface area (Å²) in [5.41, 5.74) is 0.742. The van der Waals surface area contributed by atoms with E-state index >= 15 is 0 Å². The Hall–Kier alpha value is -1.63. The van der Waals surface area contributed by atoms with Crippen LogP contribution in [0.25, 0.3) is 11.0 Å². The number of hydrogen-bond donors (Lipinski definition) is 1. The number of rotatable bonds is 4. The molecule has 1 aromatic heterocycles. The van der Waals surface area contributed by atoms with E-state index in [0.29, 0.717) is 10.2 Å². The molecule has 0 spiro atoms. The molecule has 0 bridgehead atoms. The van der Waals surface area contributed by atoms with Gasteiger partial charge in [-0.2, -0.15) is 0 Å². The molecule has 1 heterocycles. The summed E-state index contributed by atoms with van der Waals surface area (Å²) in [6.45, 7) is 1.76. The molecule has 22 heavy (non-hydrogen) atoms. The van der Waals surface area contributed by atoms with E-state index in [1.807, 2.05) is 30.3 Å². The number of benzene rings is 2. The fourth-order valence-electron chi connectivity index (χ4n) is 2.21. The van der Waals surface area contributed by atoms with Crippen LogP contribution in [0.15, 0.2) is 68.4 Å². The maximum absolute atomic E-state index is 12.4. The van der Waals surface area contributed by atoms with E-state index in [9.17, 15) is 8.42 Å². The summed E-state index contributed by atoms with van der Waals surface area (Å²) in [7, 11) is -3.61. The van der Waals surface area contributed by atoms with Crippen LogP contribution < -0.4 is 4.72 Å². The topological polar surface area (TPSA) is 59.3 Å². The highest BCUT2D eigenvalue weighted by molar-refractivity contribution is 9.10. The van der Waals surface area contributed by atoms with Crippen molar-refractivity contribution in [3.05, 3.63) is 64.8 Å². The van der Waals surface area contributed by atoms with Gasteiger partial charge >= 0.3 is 0 Å². The van der Waals surface area contributed by atoms with E-state index < -0.39 is 16.1 Å². The van der Waals surface area contributed by atoms with Crippen LogP contribution in [-0.4, -0.2) is 8.42 Å². The maximum atomic E-state index is 12.4. The van der Waals surface area contributed by atoms with Gasteiger partial charge in [0, 0.05) is 9.86 Å². The van der Waals surface area contributed by atoms with Crippen LogP contribution in [0, 0.1) is 0 Å². The quantitative estimate of drug-likeness (QED) is 0.737. The van der Waals surface area contributed by atoms with Crippen LogP contribution in [0.1, 0.15) is 18.7 Å². The molecule has 0 saturated heterocycles. The molecule has 1 atom stereocenters. The van der Waals surface area contributed by atoms with Gasteiger partial charge in [-0.3, -0.25) is 0 Å². The zero-order valence-electron chi connectivity index (χ0n) is 11.8. The smallest absolute Gasteiger partial charge is 0.241 e. The van der Waals surface area contributed by atoms with Crippen molar-refractivity contribution in [2.24, 2.45) is 0 Å². The Balaban J connectivity index is 1.88. The number of para-hydroxylation sites is 1. The second kappa shape index (κ2) is 5.87. The molecule has 0 fully saturated rings. The molecular formula is C16H14BrNO3S. The summed E-state index contributed by atoms with van der Waals surface area (Å²) >= 11 is 3.28. The lowest BCUT2D eigenvalue weighted by Gasteiger charge is -2.12. The Morgan fingerprint density at radius 3 is 2.59 bits per heavy atom. The summed E-state index contributed by atoms with van der Waals surface area (Å²) in [6.07, 6.45) is 0. The second-order valence-electron chi connectivity index (χ2n) is 4.99. The largest absolute Gasteiger partial charge is 0.459 e. The van der Waals surface area contributed by atoms with Gasteiger partial charge in [-0.25, -0.2) is 13.1 Å². The Labute approximate surface area is 137 Å². The first-order valence-electron chi connectivity index (χ1n) is 6.72. The average Bonchev–Trinajstić information content (AvgIpc) is 2.91. The van der Waals surface area contributed by atoms with Crippen molar-refractivity contribution in [3.8, 4) is 0 Å². The molecule has 0 saturated carbocycles. The molecule has 0 aliphatic heterocycles. The fourth-order valence-corrected chi connectivity index (χ4v) is 4.02. The third-order valence-corrected chi connectivity index (χ3v) is 5.34. The second-order valence-corrected chi connectivity index (χ2v) is 7.62. The Morgan fingerprint density at radius 1 is 1.09 bits per heavy atom. The summed E-state index contributed by atoms with van der Waals surface area (Å²) in [5.74, 6) is 0.583. The molecule has 3 aromatic rings. The van der Waals surface area contributed by atoms with Gasteiger partial charge in [0.15, 0.2) is 0 Å². The SMILES string of the molecule is C[C@@H](NS(=O)(=O)c1cccc(Br)c1)c1cc2ccccc2o1. The zero-order chi connectivity index (χ0) is 15.7. The van der Waals surface area contributed by atoms with Crippen LogP contribution in [0.5, 0.6) is 0 Å². The van der Waals surface area contributed by atoms with E-state index in [-0.39, 0.29) is 4.90 Å². The van der Waals surface area contributed by atoms with Crippen LogP contribution in [0.3, 0.4) is 0 Å². The standard InChI is InChI=1S/C16H14BrNO3S/c1-11(16-9-12-5-2-3-8-15(12)21-16)18-22(19,20)14-7-4-6-13(17)10-14/h2-11,18H,1H3/t11-/m1/s1. The van der Waals surface area contributed by atoms with Gasteiger partial charge in [-0.1, -0.05) is 40.2 Å². The Bertz CT molecular complexity index is 885. The van der Waals surface area contributed by atoms with E-state index in [2.05, 4.69) is 20.7 Å². The third kappa shape index (κ3) is 3.09. The van der Waals surface area contributed by atoms with Crippen LogP contribution in [-0.2, 0) is 10.0 Å². The lowest BCUT2D eigenvalue weighted by atomic mass is 10.2. The third-order valence-electron chi connectivity index (χ3n) is 3.31. The highest BCUT2D eigenvalue weighted by atomic mass is 79.9. The predicted octanol–water partition coefficient (Wildman–Crippen LogP) is 4.23. The van der Waals surface area contributed by atoms with E-state index in [4.69, 9.17) is 4.42 Å². The number of furan rings is 1. The van der Waals surface area contributed by atoms with E-state index in [1.54, 1.807) is 31.2 Å². The van der Waals surface area contributed by atoms with Crippen molar-refractivity contribution in [1.82, 2.24) is 4.72 Å². The fraction of sp³-hybridized carbons (Fsp3) is 0.125. The van der Waals surface area contributed by atoms with Gasteiger partial charge in [0.05, 0.1) is 10.9 Å². The number of fused-ring (bicyclic) bond motifs is 1. The van der Waals surface area contributed by atoms with Crippen LogP contribution in [0.4, 0.5) is 0 Å². The van der Waals surface area contributed by atoms with Crippen molar-refractivity contribution in [1.29, 1.82) is 0 Å². The minimum Gasteiger partial charge on any atom is -0.459 e. The Morgan fingerprint density at radius 2 is 1.86 bits per heavy atom. The molecule has 0 aliphatic carbocycles. The molecule has 0 radical (unpaired) electrons. The number of hydrogen-bond acceptors (Lipinski definition) is 3. The van der Waals surface area contributed by atoms with E-state index in [0.717, 1.165) is 11.0 Å². The lowest BCUT2D eigenvalue weighted by Crippen LogP contribution is -2.26. The van der Waals surface area contributed by atoms with Gasteiger partial charge in [0.2, 0.25) is 10.0 Å². The van der Waals surface area contributed by atoms with Crippen molar-refractivity contribution >= 4 is 36.9 Å². The molecule has 0 amide bonds. The average molecular weight is 380 g/mol. The van der Waals surface area contributed by atoms with Gasteiger partial charge < -0.3 is 4.42 Å². The minimum absolute atomic E-state index is 0.213. The van der Waals surface area contributed by atoms with Gasteiger partial charge in [-0.05, 0) is 37.3 Å². The Kier molecular flexibility index (Phi) is 4.08. The first-order chi connectivity index (χ1) is 10.5. The molecule has 1 N–H and O–H groups in total. The maximum Gasteiger partial charge on any atom is 0.241 e. The first-order valence-corrected chi connectivity index (χ1v) is 9.00. The molecule has 3 rings (SSSR count). The van der Waals surface area contributed by atoms with E-state index in [1.165, 1.54) is 0 Å². The summed E-state index contributed by atoms with van der Waals surface area (Å²) in [6, 6.07) is 15.6. The number of halogens is 1. The van der Waals surface area contributed by atoms with Crippen LogP contribution in [0.2, 0.25) is 0 Å². The predicted molar refractivity (Wildman–Crippen MR) is 89.1 cm³/mol. The molecule has 114 valence electrons. The highest BCUT2D eigenvalue weighted by Gasteiger charge is 2.20. The molecule has 2 aromatic carbocycles. The van der Waals surface area contributed by atoms with Crippen molar-refractivity contribution in [3.63, 3.8) is 0 Å². The number of nitrogens with one attached hydrogen (secondary N) is 1. The van der Waals surface area contributed by atoms with Gasteiger partial charge in [0.1, 0.15) is 11.3 Å². The zero-order valence-corrected chi connectivity index (χ0v) is 14.2. The monoisotopic (exact) mass is 379 g/mol. The molecule has 0 aliphatic rings. The van der Waals surface area contributed by atoms with Gasteiger partial charge in [0.25, 0.3) is 0 Å². The molecular weight excluding hydrogens is 366 g/mol. The normalized spacial score (nSPS) is 13.4. The minimum atomic E-state index is -3.61. The number of sulfonamides is 1. The van der Waals surface area contributed by atoms with Gasteiger partial charge in [-0.15, -0.1) is 0 Å². The molecule has 0 unspecified atom stereocenters. The lowest BCUT2D eigenvalue weighted by molar-refractivity contribution is 0.484. The summed E-state index contributed by atoms with van der Waals surface area (Å²) < 4.78 is 33.9. The summed E-state index contributed by atoms with van der Waals surface area (Å²) in [4.78, 5) is 0.213. The first kappa shape index (κ1) is 15.3. The van der Waals surface area contributed by atoms with Crippen LogP contribution >= 0.6 is 15.9 Å². The van der Waals surface area contributed by atoms with Crippen molar-refractivity contribution in [2.45, 2.75) is 17.9 Å². The van der Waals surface area contributed by atoms with Crippen molar-refractivity contribution in [2.75, 3.05) is 0 Å². The molecule has 4 nitrogen and oxygen atoms in total. The summed E-state index contributed by atoms with van der Waals surface area (Å²) in [5, 5.41) is 0.950. The molecule has 6 heteroatoms. The van der Waals surface area contributed by atoms with Crippen molar-refractivity contribution < 1.29 is 12.8 Å². The highest BCUT2D eigenvalue weighted by Crippen LogP contribution is 2.25.